The molecule has 0 amide bonds. The molecule has 0 heterocycles. The van der Waals surface area contributed by atoms with Gasteiger partial charge in [0.1, 0.15) is 0 Å². The van der Waals surface area contributed by atoms with E-state index in [9.17, 15) is 4.79 Å². The van der Waals surface area contributed by atoms with Crippen LogP contribution in [0.4, 0.5) is 0 Å². The van der Waals surface area contributed by atoms with Crippen LogP contribution in [-0.4, -0.2) is 12.6 Å². The maximum absolute atomic E-state index is 11.2. The summed E-state index contributed by atoms with van der Waals surface area (Å²) >= 11 is 0. The maximum Gasteiger partial charge on any atom is 0.330 e. The Morgan fingerprint density at radius 1 is 1.15 bits per heavy atom. The molecule has 0 saturated heterocycles. The molecule has 1 aromatic carbocycles. The predicted molar refractivity (Wildman–Crippen MR) is 84.5 cm³/mol. The van der Waals surface area contributed by atoms with Crippen LogP contribution >= 0.6 is 0 Å². The number of rotatable bonds is 8. The van der Waals surface area contributed by atoms with E-state index in [-0.39, 0.29) is 5.97 Å². The van der Waals surface area contributed by atoms with E-state index in [4.69, 9.17) is 4.74 Å². The highest BCUT2D eigenvalue weighted by Crippen LogP contribution is 2.14. The lowest BCUT2D eigenvalue weighted by molar-refractivity contribution is -0.137. The summed E-state index contributed by atoms with van der Waals surface area (Å²) in [5, 5.41) is 0. The molecule has 0 aliphatic rings. The van der Waals surface area contributed by atoms with Gasteiger partial charge in [0, 0.05) is 6.08 Å². The van der Waals surface area contributed by atoms with Crippen molar-refractivity contribution in [1.82, 2.24) is 0 Å². The summed E-state index contributed by atoms with van der Waals surface area (Å²) in [6, 6.07) is 8.39. The zero-order valence-electron chi connectivity index (χ0n) is 12.5. The fourth-order valence-electron chi connectivity index (χ4n) is 1.97. The molecule has 0 atom stereocenters. The standard InChI is InChI=1S/C18H24O2/c1-3-5-6-11-16-12-7-8-13-17(16)14-9-10-15-18(19)20-4-2/h7-10,12-15H,3-6,11H2,1-2H3/b14-9+,15-10+. The average molecular weight is 272 g/mol. The minimum absolute atomic E-state index is 0.298. The van der Waals surface area contributed by atoms with Crippen molar-refractivity contribution in [1.29, 1.82) is 0 Å². The van der Waals surface area contributed by atoms with Crippen LogP contribution < -0.4 is 0 Å². The van der Waals surface area contributed by atoms with Gasteiger partial charge in [0.2, 0.25) is 0 Å². The van der Waals surface area contributed by atoms with E-state index >= 15 is 0 Å². The second kappa shape index (κ2) is 10.0. The molecule has 0 aromatic heterocycles. The van der Waals surface area contributed by atoms with Gasteiger partial charge in [-0.3, -0.25) is 0 Å². The molecule has 0 spiro atoms. The number of unbranched alkanes of at least 4 members (excludes halogenated alkanes) is 2. The number of hydrogen-bond acceptors (Lipinski definition) is 2. The average Bonchev–Trinajstić information content (AvgIpc) is 2.45. The van der Waals surface area contributed by atoms with Crippen molar-refractivity contribution in [2.75, 3.05) is 6.61 Å². The van der Waals surface area contributed by atoms with Gasteiger partial charge in [-0.2, -0.15) is 0 Å². The van der Waals surface area contributed by atoms with Gasteiger partial charge in [-0.1, -0.05) is 62.3 Å². The van der Waals surface area contributed by atoms with E-state index in [1.165, 1.54) is 36.5 Å². The minimum atomic E-state index is -0.298. The lowest BCUT2D eigenvalue weighted by Gasteiger charge is -2.05. The molecule has 0 bridgehead atoms. The first-order valence-electron chi connectivity index (χ1n) is 7.37. The third kappa shape index (κ3) is 6.37. The van der Waals surface area contributed by atoms with Gasteiger partial charge in [-0.15, -0.1) is 0 Å². The van der Waals surface area contributed by atoms with Crippen LogP contribution in [0.2, 0.25) is 0 Å². The second-order valence-electron chi connectivity index (χ2n) is 4.63. The molecular formula is C18H24O2. The van der Waals surface area contributed by atoms with Crippen molar-refractivity contribution in [3.63, 3.8) is 0 Å². The first kappa shape index (κ1) is 16.2. The van der Waals surface area contributed by atoms with Crippen molar-refractivity contribution >= 4 is 12.0 Å². The Labute approximate surface area is 122 Å². The molecular weight excluding hydrogens is 248 g/mol. The van der Waals surface area contributed by atoms with Gasteiger partial charge in [-0.25, -0.2) is 4.79 Å². The first-order valence-corrected chi connectivity index (χ1v) is 7.37. The van der Waals surface area contributed by atoms with Gasteiger partial charge in [-0.05, 0) is 30.9 Å². The Kier molecular flexibility index (Phi) is 8.13. The van der Waals surface area contributed by atoms with Crippen LogP contribution in [0.25, 0.3) is 6.08 Å². The molecule has 0 unspecified atom stereocenters. The molecule has 0 fully saturated rings. The fourth-order valence-corrected chi connectivity index (χ4v) is 1.97. The van der Waals surface area contributed by atoms with Crippen molar-refractivity contribution in [2.24, 2.45) is 0 Å². The third-order valence-corrected chi connectivity index (χ3v) is 3.01. The molecule has 1 rings (SSSR count). The summed E-state index contributed by atoms with van der Waals surface area (Å²) in [6.45, 7) is 4.42. The van der Waals surface area contributed by atoms with Crippen molar-refractivity contribution in [3.8, 4) is 0 Å². The van der Waals surface area contributed by atoms with Gasteiger partial charge >= 0.3 is 5.97 Å². The molecule has 0 aliphatic carbocycles. The zero-order valence-corrected chi connectivity index (χ0v) is 12.5. The quantitative estimate of drug-likeness (QED) is 0.300. The van der Waals surface area contributed by atoms with Gasteiger partial charge in [0.05, 0.1) is 6.61 Å². The van der Waals surface area contributed by atoms with Crippen LogP contribution in [0.1, 0.15) is 44.2 Å². The summed E-state index contributed by atoms with van der Waals surface area (Å²) < 4.78 is 4.82. The molecule has 2 heteroatoms. The van der Waals surface area contributed by atoms with Crippen molar-refractivity contribution in [3.05, 3.63) is 53.6 Å². The third-order valence-electron chi connectivity index (χ3n) is 3.01. The number of benzene rings is 1. The van der Waals surface area contributed by atoms with E-state index in [0.717, 1.165) is 6.42 Å². The van der Waals surface area contributed by atoms with Gasteiger partial charge in [0.15, 0.2) is 0 Å². The summed E-state index contributed by atoms with van der Waals surface area (Å²) in [4.78, 5) is 11.2. The highest BCUT2D eigenvalue weighted by atomic mass is 16.5. The minimum Gasteiger partial charge on any atom is -0.463 e. The number of esters is 1. The smallest absolute Gasteiger partial charge is 0.330 e. The molecule has 0 N–H and O–H groups in total. The molecule has 0 radical (unpaired) electrons. The Morgan fingerprint density at radius 3 is 2.70 bits per heavy atom. The van der Waals surface area contributed by atoms with Crippen LogP contribution in [0.15, 0.2) is 42.5 Å². The zero-order chi connectivity index (χ0) is 14.6. The normalized spacial score (nSPS) is 11.3. The van der Waals surface area contributed by atoms with Crippen molar-refractivity contribution < 1.29 is 9.53 Å². The largest absolute Gasteiger partial charge is 0.463 e. The summed E-state index contributed by atoms with van der Waals surface area (Å²) in [5.74, 6) is -0.298. The number of hydrogen-bond donors (Lipinski definition) is 0. The predicted octanol–water partition coefficient (Wildman–Crippen LogP) is 4.55. The van der Waals surface area contributed by atoms with E-state index in [1.807, 2.05) is 18.2 Å². The lowest BCUT2D eigenvalue weighted by Crippen LogP contribution is -1.98. The van der Waals surface area contributed by atoms with Crippen LogP contribution in [0, 0.1) is 0 Å². The van der Waals surface area contributed by atoms with Crippen LogP contribution in [0.5, 0.6) is 0 Å². The molecule has 2 nitrogen and oxygen atoms in total. The SMILES string of the molecule is CCCCCc1ccccc1/C=C/C=C/C(=O)OCC. The molecule has 108 valence electrons. The Morgan fingerprint density at radius 2 is 1.95 bits per heavy atom. The Bertz CT molecular complexity index is 458. The maximum atomic E-state index is 11.2. The first-order chi connectivity index (χ1) is 9.77. The van der Waals surface area contributed by atoms with Crippen molar-refractivity contribution in [2.45, 2.75) is 39.5 Å². The van der Waals surface area contributed by atoms with Crippen LogP contribution in [0.3, 0.4) is 0 Å². The Balaban J connectivity index is 2.60. The second-order valence-corrected chi connectivity index (χ2v) is 4.63. The molecule has 1 aromatic rings. The summed E-state index contributed by atoms with van der Waals surface area (Å²) in [6.07, 6.45) is 11.9. The number of ether oxygens (including phenoxy) is 1. The summed E-state index contributed by atoms with van der Waals surface area (Å²) in [5.41, 5.74) is 2.58. The highest BCUT2D eigenvalue weighted by molar-refractivity contribution is 5.82. The van der Waals surface area contributed by atoms with E-state index in [2.05, 4.69) is 25.1 Å². The number of carbonyl (C=O) groups is 1. The van der Waals surface area contributed by atoms with E-state index in [1.54, 1.807) is 13.0 Å². The fraction of sp³-hybridized carbons (Fsp3) is 0.389. The van der Waals surface area contributed by atoms with E-state index < -0.39 is 0 Å². The monoisotopic (exact) mass is 272 g/mol. The topological polar surface area (TPSA) is 26.3 Å². The van der Waals surface area contributed by atoms with Gasteiger partial charge in [0.25, 0.3) is 0 Å². The lowest BCUT2D eigenvalue weighted by atomic mass is 10.0. The molecule has 0 aliphatic heterocycles. The van der Waals surface area contributed by atoms with Crippen LogP contribution in [-0.2, 0) is 16.0 Å². The molecule has 20 heavy (non-hydrogen) atoms. The molecule has 0 saturated carbocycles. The Hall–Kier alpha value is -1.83. The number of allylic oxidation sites excluding steroid dienone is 2. The number of carbonyl (C=O) groups excluding carboxylic acids is 1. The van der Waals surface area contributed by atoms with Gasteiger partial charge < -0.3 is 4.74 Å². The van der Waals surface area contributed by atoms with E-state index in [0.29, 0.717) is 6.61 Å². The highest BCUT2D eigenvalue weighted by Gasteiger charge is 1.98. The summed E-state index contributed by atoms with van der Waals surface area (Å²) in [7, 11) is 0. The number of aryl methyl sites for hydroxylation is 1.